The number of ketones is 1. The van der Waals surface area contributed by atoms with Gasteiger partial charge >= 0.3 is 29.4 Å². The maximum atomic E-state index is 13.8. The van der Waals surface area contributed by atoms with Crippen molar-refractivity contribution in [1.29, 1.82) is 0 Å². The second-order valence-corrected chi connectivity index (χ2v) is 23.3. The predicted octanol–water partition coefficient (Wildman–Crippen LogP) is 7.36. The zero-order valence-electron chi connectivity index (χ0n) is 26.9. The second kappa shape index (κ2) is 18.7. The Labute approximate surface area is 262 Å². The molecule has 5 nitrogen and oxygen atoms in total. The molecule has 0 atom stereocenters. The van der Waals surface area contributed by atoms with Crippen molar-refractivity contribution < 1.29 is 77.1 Å². The van der Waals surface area contributed by atoms with Gasteiger partial charge in [-0.15, -0.1) is 5.38 Å². The first kappa shape index (κ1) is 48.7. The SMILES string of the molecule is CC(C)[Si](/C([O-])=C(\F)C(=O)C(F)(F)F)(C(C)C)C(C)C.CC(C)[Si](C(=O)/C(F)=C(\[O-])C(F)(F)F)(C(C)C)C(C)C.CO.[Cu+2]. The van der Waals surface area contributed by atoms with Gasteiger partial charge in [0.1, 0.15) is 8.07 Å². The summed E-state index contributed by atoms with van der Waals surface area (Å²) in [6, 6.07) is 0. The van der Waals surface area contributed by atoms with Crippen LogP contribution >= 0.6 is 0 Å². The molecule has 1 N–H and O–H groups in total. The van der Waals surface area contributed by atoms with Crippen molar-refractivity contribution in [2.45, 2.75) is 129 Å². The Kier molecular flexibility index (Phi) is 21.1. The topological polar surface area (TPSA) is 100 Å². The molecule has 0 aliphatic rings. The molecule has 0 heterocycles. The van der Waals surface area contributed by atoms with Crippen LogP contribution in [-0.2, 0) is 26.7 Å². The third kappa shape index (κ3) is 11.0. The maximum Gasteiger partial charge on any atom is 2.00 e. The largest absolute Gasteiger partial charge is 2.00 e. The van der Waals surface area contributed by atoms with E-state index in [9.17, 15) is 54.9 Å². The fourth-order valence-corrected chi connectivity index (χ4v) is 18.5. The molecule has 0 saturated carbocycles. The van der Waals surface area contributed by atoms with Crippen LogP contribution in [0.1, 0.15) is 83.1 Å². The fraction of sp³-hybridized carbons (Fsp3) is 0.778. The minimum absolute atomic E-state index is 0. The van der Waals surface area contributed by atoms with Gasteiger partial charge in [-0.25, -0.2) is 8.78 Å². The summed E-state index contributed by atoms with van der Waals surface area (Å²) in [7, 11) is -5.21. The van der Waals surface area contributed by atoms with Crippen molar-refractivity contribution in [2.24, 2.45) is 0 Å². The van der Waals surface area contributed by atoms with Gasteiger partial charge in [-0.05, 0) is 33.2 Å². The summed E-state index contributed by atoms with van der Waals surface area (Å²) in [4.78, 5) is 23.3. The Morgan fingerprint density at radius 1 is 0.558 bits per heavy atom. The van der Waals surface area contributed by atoms with E-state index in [1.807, 2.05) is 0 Å². The van der Waals surface area contributed by atoms with Gasteiger partial charge in [0.15, 0.2) is 17.1 Å². The molecule has 0 unspecified atom stereocenters. The van der Waals surface area contributed by atoms with Gasteiger partial charge in [0.05, 0.1) is 8.07 Å². The predicted molar refractivity (Wildman–Crippen MR) is 149 cm³/mol. The monoisotopic (exact) mass is 721 g/mol. The Balaban J connectivity index is -0.000000327. The molecular weight excluding hydrogens is 676 g/mol. The summed E-state index contributed by atoms with van der Waals surface area (Å²) in [5.74, 6) is -9.64. The van der Waals surface area contributed by atoms with Gasteiger partial charge < -0.3 is 15.3 Å². The van der Waals surface area contributed by atoms with Crippen LogP contribution in [0.4, 0.5) is 35.1 Å². The van der Waals surface area contributed by atoms with E-state index in [1.165, 1.54) is 0 Å². The summed E-state index contributed by atoms with van der Waals surface area (Å²) in [5, 5.41) is 27.9. The number of halogens is 8. The molecule has 259 valence electrons. The molecule has 0 bridgehead atoms. The zero-order valence-corrected chi connectivity index (χ0v) is 29.8. The minimum Gasteiger partial charge on any atom is -0.876 e. The van der Waals surface area contributed by atoms with Gasteiger partial charge in [0.2, 0.25) is 0 Å². The van der Waals surface area contributed by atoms with Crippen molar-refractivity contribution in [3.63, 3.8) is 0 Å². The number of aliphatic hydroxyl groups is 1. The Hall–Kier alpha value is -1.23. The number of hydrogen-bond acceptors (Lipinski definition) is 5. The summed E-state index contributed by atoms with van der Waals surface area (Å²) in [5.41, 5.74) is -1.57. The average Bonchev–Trinajstić information content (AvgIpc) is 2.81. The quantitative estimate of drug-likeness (QED) is 0.110. The summed E-state index contributed by atoms with van der Waals surface area (Å²) >= 11 is 0. The minimum atomic E-state index is -5.36. The van der Waals surface area contributed by atoms with Gasteiger partial charge in [-0.1, -0.05) is 83.1 Å². The van der Waals surface area contributed by atoms with Crippen molar-refractivity contribution >= 4 is 27.3 Å². The van der Waals surface area contributed by atoms with E-state index in [1.54, 1.807) is 83.1 Å². The van der Waals surface area contributed by atoms with Crippen molar-refractivity contribution in [2.75, 3.05) is 7.11 Å². The number of aliphatic hydroxyl groups excluding tert-OH is 1. The van der Waals surface area contributed by atoms with Crippen LogP contribution in [-0.4, -0.2) is 51.9 Å². The van der Waals surface area contributed by atoms with Crippen LogP contribution in [0.2, 0.25) is 33.2 Å². The number of alkyl halides is 6. The van der Waals surface area contributed by atoms with Crippen LogP contribution in [0.3, 0.4) is 0 Å². The fourth-order valence-electron chi connectivity index (χ4n) is 6.41. The van der Waals surface area contributed by atoms with Crippen LogP contribution in [0.5, 0.6) is 0 Å². The first-order chi connectivity index (χ1) is 18.6. The smallest absolute Gasteiger partial charge is 0.876 e. The van der Waals surface area contributed by atoms with Gasteiger partial charge in [0.25, 0.3) is 5.78 Å². The van der Waals surface area contributed by atoms with Gasteiger partial charge in [0, 0.05) is 12.9 Å². The van der Waals surface area contributed by atoms with E-state index < -0.39 is 62.5 Å². The van der Waals surface area contributed by atoms with Crippen LogP contribution < -0.4 is 10.2 Å². The zero-order chi connectivity index (χ0) is 34.9. The van der Waals surface area contributed by atoms with Crippen molar-refractivity contribution in [1.82, 2.24) is 0 Å². The van der Waals surface area contributed by atoms with E-state index in [4.69, 9.17) is 5.11 Å². The summed E-state index contributed by atoms with van der Waals surface area (Å²) in [6.45, 7) is 20.4. The van der Waals surface area contributed by atoms with Gasteiger partial charge in [-0.3, -0.25) is 9.59 Å². The molecule has 0 rings (SSSR count). The standard InChI is InChI=1S/2C13H22F4O2Si.CH4O.Cu/c2*1-7(2)20(8(3)4,9(5)6)12(19)10(14)11(18)13(15,16)17;1-2;/h7-9,19H,1-6H3;7-9,18H,1-6H3;2H,1H3;/q;;;+2/p-2/b12-10-;11-10+;;. The third-order valence-corrected chi connectivity index (χ3v) is 21.3. The Morgan fingerprint density at radius 2 is 0.814 bits per heavy atom. The number of allylic oxidation sites excluding steroid dienone is 3. The van der Waals surface area contributed by atoms with Crippen molar-refractivity contribution in [3.05, 3.63) is 22.8 Å². The molecule has 0 aromatic carbocycles. The third-order valence-electron chi connectivity index (χ3n) is 7.83. The molecule has 0 amide bonds. The van der Waals surface area contributed by atoms with E-state index in [2.05, 4.69) is 0 Å². The number of rotatable bonds is 10. The maximum absolute atomic E-state index is 13.8. The average molecular weight is 722 g/mol. The molecule has 0 aromatic rings. The molecular formula is C27H46CuF8O5Si2. The Bertz CT molecular complexity index is 914. The molecule has 0 saturated heterocycles. The van der Waals surface area contributed by atoms with Crippen molar-refractivity contribution in [3.8, 4) is 0 Å². The normalized spacial score (nSPS) is 14.1. The molecule has 0 aliphatic carbocycles. The number of carbonyl (C=O) groups is 2. The first-order valence-electron chi connectivity index (χ1n) is 13.4. The number of hydrogen-bond donors (Lipinski definition) is 1. The molecule has 0 fully saturated rings. The first-order valence-corrected chi connectivity index (χ1v) is 17.9. The molecule has 0 aromatic heterocycles. The second-order valence-electron chi connectivity index (χ2n) is 11.7. The molecule has 1 radical (unpaired) electrons. The number of Topliss-reactive ketones (excluding diaryl/α,β-unsaturated/α-hetero) is 1. The van der Waals surface area contributed by atoms with Crippen LogP contribution in [0.25, 0.3) is 0 Å². The summed E-state index contributed by atoms with van der Waals surface area (Å²) < 4.78 is 101. The molecule has 0 aliphatic heterocycles. The molecule has 16 heteroatoms. The van der Waals surface area contributed by atoms with E-state index in [-0.39, 0.29) is 50.3 Å². The van der Waals surface area contributed by atoms with E-state index in [0.717, 1.165) is 7.11 Å². The molecule has 43 heavy (non-hydrogen) atoms. The van der Waals surface area contributed by atoms with Crippen LogP contribution in [0.15, 0.2) is 22.8 Å². The summed E-state index contributed by atoms with van der Waals surface area (Å²) in [6.07, 6.45) is -10.7. The van der Waals surface area contributed by atoms with Gasteiger partial charge in [-0.2, -0.15) is 26.3 Å². The van der Waals surface area contributed by atoms with E-state index >= 15 is 0 Å². The Morgan fingerprint density at radius 3 is 1.00 bits per heavy atom. The molecule has 0 spiro atoms. The van der Waals surface area contributed by atoms with E-state index in [0.29, 0.717) is 0 Å². The number of carbonyl (C=O) groups excluding carboxylic acids is 2. The van der Waals surface area contributed by atoms with Crippen LogP contribution in [0, 0.1) is 0 Å².